The lowest BCUT2D eigenvalue weighted by molar-refractivity contribution is -0.141. The summed E-state index contributed by atoms with van der Waals surface area (Å²) in [6.07, 6.45) is 5.46. The van der Waals surface area contributed by atoms with Gasteiger partial charge in [0.15, 0.2) is 0 Å². The van der Waals surface area contributed by atoms with Crippen molar-refractivity contribution in [2.75, 3.05) is 6.54 Å². The van der Waals surface area contributed by atoms with Crippen molar-refractivity contribution in [3.63, 3.8) is 0 Å². The Labute approximate surface area is 199 Å². The monoisotopic (exact) mass is 455 g/mol. The zero-order valence-corrected chi connectivity index (χ0v) is 19.5. The van der Waals surface area contributed by atoms with Crippen LogP contribution in [-0.4, -0.2) is 29.2 Å². The Hall–Kier alpha value is -3.21. The second-order valence-electron chi connectivity index (χ2n) is 10.7. The summed E-state index contributed by atoms with van der Waals surface area (Å²) in [5, 5.41) is 0. The van der Waals surface area contributed by atoms with E-state index >= 15 is 0 Å². The van der Waals surface area contributed by atoms with Gasteiger partial charge in [0.25, 0.3) is 0 Å². The molecule has 0 unspecified atom stereocenters. The number of ether oxygens (including phenoxy) is 1. The molecule has 3 fully saturated rings. The van der Waals surface area contributed by atoms with E-state index < -0.39 is 5.97 Å². The second-order valence-corrected chi connectivity index (χ2v) is 10.7. The summed E-state index contributed by atoms with van der Waals surface area (Å²) in [7, 11) is 0. The van der Waals surface area contributed by atoms with E-state index in [-0.39, 0.29) is 53.9 Å². The van der Waals surface area contributed by atoms with Crippen molar-refractivity contribution in [1.82, 2.24) is 4.90 Å². The molecule has 1 saturated heterocycles. The molecule has 5 aliphatic rings. The molecule has 34 heavy (non-hydrogen) atoms. The quantitative estimate of drug-likeness (QED) is 0.281. The highest BCUT2D eigenvalue weighted by atomic mass is 16.5. The minimum atomic E-state index is -0.436. The molecule has 2 saturated carbocycles. The molecule has 1 aliphatic heterocycles. The van der Waals surface area contributed by atoms with Gasteiger partial charge in [0.05, 0.1) is 18.3 Å². The molecular weight excluding hydrogens is 426 g/mol. The fourth-order valence-electron chi connectivity index (χ4n) is 6.59. The van der Waals surface area contributed by atoms with E-state index in [2.05, 4.69) is 38.1 Å². The van der Waals surface area contributed by atoms with E-state index in [0.717, 1.165) is 12.0 Å². The molecule has 2 amide bonds. The average molecular weight is 456 g/mol. The van der Waals surface area contributed by atoms with Gasteiger partial charge < -0.3 is 4.74 Å². The van der Waals surface area contributed by atoms with Crippen LogP contribution in [0.5, 0.6) is 5.75 Å². The Morgan fingerprint density at radius 2 is 1.44 bits per heavy atom. The highest BCUT2D eigenvalue weighted by molar-refractivity contribution is 6.06. The van der Waals surface area contributed by atoms with Crippen LogP contribution < -0.4 is 4.74 Å². The van der Waals surface area contributed by atoms with E-state index in [4.69, 9.17) is 4.74 Å². The number of benzene rings is 2. The highest BCUT2D eigenvalue weighted by Crippen LogP contribution is 2.65. The van der Waals surface area contributed by atoms with Crippen molar-refractivity contribution in [2.24, 2.45) is 35.5 Å². The van der Waals surface area contributed by atoms with Gasteiger partial charge in [0.2, 0.25) is 11.8 Å². The fourth-order valence-corrected chi connectivity index (χ4v) is 6.59. The molecule has 6 atom stereocenters. The predicted molar refractivity (Wildman–Crippen MR) is 127 cm³/mol. The molecule has 5 heteroatoms. The fraction of sp³-hybridized carbons (Fsp3) is 0.414. The summed E-state index contributed by atoms with van der Waals surface area (Å²) in [6.45, 7) is 4.42. The molecule has 4 aliphatic carbocycles. The first-order valence-electron chi connectivity index (χ1n) is 12.3. The van der Waals surface area contributed by atoms with Crippen LogP contribution in [0.25, 0.3) is 0 Å². The van der Waals surface area contributed by atoms with Crippen LogP contribution in [0.3, 0.4) is 0 Å². The number of hydrogen-bond donors (Lipinski definition) is 0. The molecule has 2 aromatic carbocycles. The van der Waals surface area contributed by atoms with Crippen molar-refractivity contribution in [2.45, 2.75) is 32.1 Å². The number of imide groups is 1. The number of likely N-dealkylation sites (tertiary alicyclic amines) is 1. The highest BCUT2D eigenvalue weighted by Gasteiger charge is 2.66. The topological polar surface area (TPSA) is 63.7 Å². The Balaban J connectivity index is 1.07. The summed E-state index contributed by atoms with van der Waals surface area (Å²) in [5.74, 6) is 0.951. The largest absolute Gasteiger partial charge is 0.426 e. The van der Waals surface area contributed by atoms with Gasteiger partial charge in [-0.2, -0.15) is 0 Å². The van der Waals surface area contributed by atoms with Crippen LogP contribution in [0.15, 0.2) is 66.7 Å². The second kappa shape index (κ2) is 7.66. The molecule has 2 bridgehead atoms. The summed E-state index contributed by atoms with van der Waals surface area (Å²) >= 11 is 0. The van der Waals surface area contributed by atoms with E-state index in [1.807, 2.05) is 30.3 Å². The van der Waals surface area contributed by atoms with Crippen LogP contribution in [-0.2, 0) is 19.8 Å². The maximum atomic E-state index is 13.0. The van der Waals surface area contributed by atoms with Crippen molar-refractivity contribution in [3.8, 4) is 5.75 Å². The minimum Gasteiger partial charge on any atom is -0.426 e. The summed E-state index contributed by atoms with van der Waals surface area (Å²) in [4.78, 5) is 39.9. The first-order chi connectivity index (χ1) is 16.4. The number of carbonyl (C=O) groups is 3. The van der Waals surface area contributed by atoms with Gasteiger partial charge in [0, 0.05) is 12.0 Å². The molecule has 0 N–H and O–H groups in total. The Bertz CT molecular complexity index is 1150. The zero-order valence-electron chi connectivity index (χ0n) is 19.5. The zero-order chi connectivity index (χ0) is 23.6. The van der Waals surface area contributed by atoms with Gasteiger partial charge in [0.1, 0.15) is 5.75 Å². The number of carbonyl (C=O) groups excluding carboxylic acids is 3. The summed E-state index contributed by atoms with van der Waals surface area (Å²) in [6, 6.07) is 17.8. The summed E-state index contributed by atoms with van der Waals surface area (Å²) in [5.41, 5.74) is 2.16. The van der Waals surface area contributed by atoms with Gasteiger partial charge in [-0.15, -0.1) is 0 Å². The third-order valence-corrected chi connectivity index (χ3v) is 8.60. The molecular formula is C29H29NO4. The summed E-state index contributed by atoms with van der Waals surface area (Å²) < 4.78 is 5.51. The van der Waals surface area contributed by atoms with Crippen molar-refractivity contribution < 1.29 is 19.1 Å². The molecule has 5 nitrogen and oxygen atoms in total. The van der Waals surface area contributed by atoms with E-state index in [1.54, 1.807) is 12.1 Å². The minimum absolute atomic E-state index is 0.00377. The maximum Gasteiger partial charge on any atom is 0.312 e. The van der Waals surface area contributed by atoms with Gasteiger partial charge >= 0.3 is 5.97 Å². The molecule has 0 aromatic heterocycles. The Morgan fingerprint density at radius 3 is 2.03 bits per heavy atom. The van der Waals surface area contributed by atoms with Crippen molar-refractivity contribution >= 4 is 17.8 Å². The normalized spacial score (nSPS) is 30.8. The maximum absolute atomic E-state index is 13.0. The number of hydrogen-bond acceptors (Lipinski definition) is 4. The number of amides is 2. The number of nitrogens with zero attached hydrogens (tertiary/aromatic N) is 1. The predicted octanol–water partition coefficient (Wildman–Crippen LogP) is 4.36. The molecule has 1 heterocycles. The van der Waals surface area contributed by atoms with E-state index in [1.165, 1.54) is 10.5 Å². The van der Waals surface area contributed by atoms with Crippen molar-refractivity contribution in [3.05, 3.63) is 77.9 Å². The number of esters is 1. The molecule has 0 spiro atoms. The Morgan fingerprint density at radius 1 is 0.882 bits per heavy atom. The van der Waals surface area contributed by atoms with Gasteiger partial charge in [-0.05, 0) is 53.4 Å². The Kier molecular flexibility index (Phi) is 4.80. The van der Waals surface area contributed by atoms with Crippen LogP contribution in [0.4, 0.5) is 0 Å². The van der Waals surface area contributed by atoms with Gasteiger partial charge in [-0.1, -0.05) is 68.5 Å². The van der Waals surface area contributed by atoms with Gasteiger partial charge in [-0.3, -0.25) is 19.3 Å². The van der Waals surface area contributed by atoms with E-state index in [0.29, 0.717) is 17.6 Å². The van der Waals surface area contributed by atoms with Crippen LogP contribution >= 0.6 is 0 Å². The van der Waals surface area contributed by atoms with Crippen molar-refractivity contribution in [1.29, 1.82) is 0 Å². The standard InChI is InChI=1S/C29H29NO4/c1-29(2,17-6-4-3-5-7-17)18-8-10-19(11-9-18)34-24(31)14-15-30-27(32)25-20-12-13-21(23-16-22(20)23)26(25)28(30)33/h3-13,20-23,25-26H,14-16H2,1-2H3/t20-,21-,22-,23+,25+,26+/m0/s1. The van der Waals surface area contributed by atoms with Crippen LogP contribution in [0.1, 0.15) is 37.8 Å². The average Bonchev–Trinajstić information content (AvgIpc) is 3.63. The van der Waals surface area contributed by atoms with Crippen LogP contribution in [0, 0.1) is 35.5 Å². The first kappa shape index (κ1) is 21.3. The lowest BCUT2D eigenvalue weighted by Crippen LogP contribution is -2.40. The first-order valence-corrected chi connectivity index (χ1v) is 12.3. The SMILES string of the molecule is CC(C)(c1ccccc1)c1ccc(OC(=O)CCN2C(=O)[C@@H]3[C@H]4C=C[C@@H]([C@@H]5C[C@H]45)[C@H]3C2=O)cc1. The molecule has 174 valence electrons. The molecule has 0 radical (unpaired) electrons. The van der Waals surface area contributed by atoms with Crippen LogP contribution in [0.2, 0.25) is 0 Å². The van der Waals surface area contributed by atoms with E-state index in [9.17, 15) is 14.4 Å². The lowest BCUT2D eigenvalue weighted by Gasteiger charge is -2.37. The number of rotatable bonds is 6. The smallest absolute Gasteiger partial charge is 0.312 e. The molecule has 7 rings (SSSR count). The number of allylic oxidation sites excluding steroid dienone is 2. The lowest BCUT2D eigenvalue weighted by atomic mass is 9.63. The van der Waals surface area contributed by atoms with Gasteiger partial charge in [-0.25, -0.2) is 0 Å². The third kappa shape index (κ3) is 3.24. The third-order valence-electron chi connectivity index (χ3n) is 8.60. The molecule has 2 aromatic rings.